The van der Waals surface area contributed by atoms with Gasteiger partial charge in [0.25, 0.3) is 5.91 Å². The van der Waals surface area contributed by atoms with Gasteiger partial charge in [-0.3, -0.25) is 14.4 Å². The van der Waals surface area contributed by atoms with Gasteiger partial charge in [0, 0.05) is 12.1 Å². The molecule has 10 nitrogen and oxygen atoms in total. The van der Waals surface area contributed by atoms with Gasteiger partial charge in [0.05, 0.1) is 24.6 Å². The van der Waals surface area contributed by atoms with Crippen molar-refractivity contribution in [3.8, 4) is 11.5 Å². The Morgan fingerprint density at radius 3 is 2.33 bits per heavy atom. The van der Waals surface area contributed by atoms with Crippen molar-refractivity contribution in [2.75, 3.05) is 12.4 Å². The van der Waals surface area contributed by atoms with E-state index in [2.05, 4.69) is 21.2 Å². The Hall–Kier alpha value is -5.25. The third-order valence-corrected chi connectivity index (χ3v) is 6.56. The first-order valence-electron chi connectivity index (χ1n) is 13.6. The van der Waals surface area contributed by atoms with Gasteiger partial charge in [0.2, 0.25) is 0 Å². The summed E-state index contributed by atoms with van der Waals surface area (Å²) in [5.41, 5.74) is 4.03. The molecular weight excluding hydrogens is 536 g/mol. The molecule has 0 aromatic heterocycles. The summed E-state index contributed by atoms with van der Waals surface area (Å²) in [4.78, 5) is 49.9. The van der Waals surface area contributed by atoms with E-state index >= 15 is 0 Å². The Labute approximate surface area is 243 Å². The van der Waals surface area contributed by atoms with Gasteiger partial charge < -0.3 is 20.1 Å². The molecule has 0 unspecified atom stereocenters. The summed E-state index contributed by atoms with van der Waals surface area (Å²) in [6.45, 7) is 0. The number of benzene rings is 3. The average molecular weight is 569 g/mol. The quantitative estimate of drug-likeness (QED) is 0.0871. The van der Waals surface area contributed by atoms with Gasteiger partial charge in [-0.1, -0.05) is 61.7 Å². The number of methoxy groups -OCH3 is 1. The first kappa shape index (κ1) is 29.7. The summed E-state index contributed by atoms with van der Waals surface area (Å²) in [7, 11) is 1.42. The number of carbonyl (C=O) groups excluding carboxylic acids is 4. The molecule has 0 spiro atoms. The number of nitrogens with one attached hydrogen (secondary N) is 3. The van der Waals surface area contributed by atoms with E-state index in [1.165, 1.54) is 25.5 Å². The van der Waals surface area contributed by atoms with E-state index in [1.54, 1.807) is 42.5 Å². The molecule has 42 heavy (non-hydrogen) atoms. The summed E-state index contributed by atoms with van der Waals surface area (Å²) in [6, 6.07) is 20.6. The van der Waals surface area contributed by atoms with Gasteiger partial charge in [-0.15, -0.1) is 0 Å². The van der Waals surface area contributed by atoms with Crippen LogP contribution in [0, 0.1) is 0 Å². The number of anilines is 1. The molecule has 0 bridgehead atoms. The zero-order chi connectivity index (χ0) is 29.7. The van der Waals surface area contributed by atoms with Crippen LogP contribution in [0.1, 0.15) is 53.6 Å². The molecule has 1 aliphatic rings. The van der Waals surface area contributed by atoms with E-state index < -0.39 is 17.8 Å². The number of amides is 3. The lowest BCUT2D eigenvalue weighted by Crippen LogP contribution is -2.37. The van der Waals surface area contributed by atoms with Crippen molar-refractivity contribution in [1.82, 2.24) is 10.7 Å². The van der Waals surface area contributed by atoms with Crippen LogP contribution in [0.25, 0.3) is 6.08 Å². The Kier molecular flexibility index (Phi) is 10.6. The SMILES string of the molecule is COc1cc(C=NNC(=O)C(=O)Nc2ccccc2C(=O)NC2CCCCC2)ccc1OC(=O)C=Cc1ccccc1. The molecule has 3 amide bonds. The van der Waals surface area contributed by atoms with Gasteiger partial charge >= 0.3 is 17.8 Å². The molecule has 0 heterocycles. The fourth-order valence-corrected chi connectivity index (χ4v) is 4.42. The van der Waals surface area contributed by atoms with Gasteiger partial charge in [-0.2, -0.15) is 5.10 Å². The third kappa shape index (κ3) is 8.62. The van der Waals surface area contributed by atoms with Crippen molar-refractivity contribution in [3.63, 3.8) is 0 Å². The highest BCUT2D eigenvalue weighted by Gasteiger charge is 2.21. The molecule has 4 rings (SSSR count). The Balaban J connectivity index is 1.31. The highest BCUT2D eigenvalue weighted by atomic mass is 16.6. The van der Waals surface area contributed by atoms with Crippen LogP contribution in [0.2, 0.25) is 0 Å². The minimum Gasteiger partial charge on any atom is -0.493 e. The largest absolute Gasteiger partial charge is 0.493 e. The maximum Gasteiger partial charge on any atom is 0.336 e. The fourth-order valence-electron chi connectivity index (χ4n) is 4.42. The van der Waals surface area contributed by atoms with E-state index in [4.69, 9.17) is 9.47 Å². The number of hydrogen-bond acceptors (Lipinski definition) is 7. The zero-order valence-corrected chi connectivity index (χ0v) is 23.2. The van der Waals surface area contributed by atoms with Gasteiger partial charge in [0.15, 0.2) is 11.5 Å². The van der Waals surface area contributed by atoms with Crippen molar-refractivity contribution < 1.29 is 28.7 Å². The average Bonchev–Trinajstić information content (AvgIpc) is 3.01. The second-order valence-electron chi connectivity index (χ2n) is 9.58. The number of nitrogens with zero attached hydrogens (tertiary/aromatic N) is 1. The summed E-state index contributed by atoms with van der Waals surface area (Å²) >= 11 is 0. The van der Waals surface area contributed by atoms with E-state index in [0.29, 0.717) is 5.56 Å². The van der Waals surface area contributed by atoms with Crippen molar-refractivity contribution in [1.29, 1.82) is 0 Å². The first-order chi connectivity index (χ1) is 20.4. The Morgan fingerprint density at radius 2 is 1.57 bits per heavy atom. The molecule has 0 aliphatic heterocycles. The van der Waals surface area contributed by atoms with Gasteiger partial charge in [-0.05, 0) is 60.4 Å². The number of carbonyl (C=O) groups is 4. The Bertz CT molecular complexity index is 1480. The second kappa shape index (κ2) is 14.9. The third-order valence-electron chi connectivity index (χ3n) is 6.56. The van der Waals surface area contributed by atoms with Gasteiger partial charge in [0.1, 0.15) is 0 Å². The molecule has 0 atom stereocenters. The number of ether oxygens (including phenoxy) is 2. The van der Waals surface area contributed by atoms with Crippen LogP contribution < -0.4 is 25.5 Å². The summed E-state index contributed by atoms with van der Waals surface area (Å²) in [6.07, 6.45) is 9.41. The molecular formula is C32H32N4O6. The van der Waals surface area contributed by atoms with Crippen LogP contribution in [0.5, 0.6) is 11.5 Å². The summed E-state index contributed by atoms with van der Waals surface area (Å²) < 4.78 is 10.7. The number of para-hydroxylation sites is 1. The topological polar surface area (TPSA) is 135 Å². The zero-order valence-electron chi connectivity index (χ0n) is 23.2. The van der Waals surface area contributed by atoms with E-state index in [1.807, 2.05) is 30.3 Å². The molecule has 3 N–H and O–H groups in total. The maximum atomic E-state index is 12.8. The molecule has 3 aromatic carbocycles. The van der Waals surface area contributed by atoms with E-state index in [-0.39, 0.29) is 34.7 Å². The number of rotatable bonds is 9. The first-order valence-corrected chi connectivity index (χ1v) is 13.6. The van der Waals surface area contributed by atoms with Crippen LogP contribution in [0.15, 0.2) is 84.0 Å². The molecule has 0 saturated heterocycles. The fraction of sp³-hybridized carbons (Fsp3) is 0.219. The molecule has 10 heteroatoms. The van der Waals surface area contributed by atoms with E-state index in [0.717, 1.165) is 37.7 Å². The van der Waals surface area contributed by atoms with Crippen LogP contribution in [-0.4, -0.2) is 43.1 Å². The van der Waals surface area contributed by atoms with Gasteiger partial charge in [-0.25, -0.2) is 10.2 Å². The summed E-state index contributed by atoms with van der Waals surface area (Å²) in [5.74, 6) is -2.40. The minimum absolute atomic E-state index is 0.101. The van der Waals surface area contributed by atoms with Crippen molar-refractivity contribution >= 4 is 41.7 Å². The summed E-state index contributed by atoms with van der Waals surface area (Å²) in [5, 5.41) is 9.32. The van der Waals surface area contributed by atoms with Crippen molar-refractivity contribution in [2.24, 2.45) is 5.10 Å². The molecule has 0 radical (unpaired) electrons. The normalized spacial score (nSPS) is 13.5. The van der Waals surface area contributed by atoms with Crippen LogP contribution in [-0.2, 0) is 14.4 Å². The predicted molar refractivity (Wildman–Crippen MR) is 159 cm³/mol. The van der Waals surface area contributed by atoms with Crippen LogP contribution >= 0.6 is 0 Å². The number of hydrogen-bond donors (Lipinski definition) is 3. The smallest absolute Gasteiger partial charge is 0.336 e. The monoisotopic (exact) mass is 568 g/mol. The lowest BCUT2D eigenvalue weighted by atomic mass is 9.95. The maximum absolute atomic E-state index is 12.8. The highest BCUT2D eigenvalue weighted by molar-refractivity contribution is 6.40. The standard InChI is InChI=1S/C32H32N4O6/c1-41-28-20-23(16-18-27(28)42-29(37)19-17-22-10-4-2-5-11-22)21-33-36-32(40)31(39)35-26-15-9-8-14-25(26)30(38)34-24-12-6-3-7-13-24/h2,4-5,8-11,14-21,24H,3,6-7,12-13H2,1H3,(H,34,38)(H,35,39)(H,36,40). The molecule has 1 aliphatic carbocycles. The second-order valence-corrected chi connectivity index (χ2v) is 9.58. The number of esters is 1. The predicted octanol–water partition coefficient (Wildman–Crippen LogP) is 4.47. The molecule has 3 aromatic rings. The lowest BCUT2D eigenvalue weighted by molar-refractivity contribution is -0.136. The lowest BCUT2D eigenvalue weighted by Gasteiger charge is -2.23. The van der Waals surface area contributed by atoms with E-state index in [9.17, 15) is 19.2 Å². The number of hydrazone groups is 1. The van der Waals surface area contributed by atoms with Crippen LogP contribution in [0.3, 0.4) is 0 Å². The molecule has 216 valence electrons. The molecule has 1 saturated carbocycles. The highest BCUT2D eigenvalue weighted by Crippen LogP contribution is 2.28. The van der Waals surface area contributed by atoms with Crippen molar-refractivity contribution in [2.45, 2.75) is 38.1 Å². The minimum atomic E-state index is -1.02. The van der Waals surface area contributed by atoms with Crippen LogP contribution in [0.4, 0.5) is 5.69 Å². The molecule has 1 fully saturated rings. The van der Waals surface area contributed by atoms with Crippen molar-refractivity contribution in [3.05, 3.63) is 95.6 Å². The Morgan fingerprint density at radius 1 is 0.833 bits per heavy atom.